The maximum Gasteiger partial charge on any atom is 0.227 e. The first-order valence-electron chi connectivity index (χ1n) is 6.31. The van der Waals surface area contributed by atoms with Crippen LogP contribution >= 0.6 is 0 Å². The average molecular weight is 228 g/mol. The van der Waals surface area contributed by atoms with Gasteiger partial charge in [-0.25, -0.2) is 0 Å². The molecular weight excluding hydrogens is 204 g/mol. The summed E-state index contributed by atoms with van der Waals surface area (Å²) < 4.78 is 0. The molecular formula is C12H24N2O2. The lowest BCUT2D eigenvalue weighted by atomic mass is 9.81. The summed E-state index contributed by atoms with van der Waals surface area (Å²) in [5, 5.41) is 15.6. The molecule has 0 saturated carbocycles. The first-order chi connectivity index (χ1) is 7.64. The smallest absolute Gasteiger partial charge is 0.227 e. The van der Waals surface area contributed by atoms with Crippen LogP contribution in [0, 0.1) is 5.41 Å². The molecule has 2 atom stereocenters. The first-order valence-corrected chi connectivity index (χ1v) is 6.31. The minimum Gasteiger partial charge on any atom is -0.391 e. The van der Waals surface area contributed by atoms with Gasteiger partial charge in [0.15, 0.2) is 0 Å². The molecule has 1 aliphatic heterocycles. The highest BCUT2D eigenvalue weighted by atomic mass is 16.3. The lowest BCUT2D eigenvalue weighted by molar-refractivity contribution is -0.131. The second-order valence-electron chi connectivity index (χ2n) is 4.73. The predicted molar refractivity (Wildman–Crippen MR) is 64.1 cm³/mol. The Balaban J connectivity index is 2.48. The van der Waals surface area contributed by atoms with Crippen molar-refractivity contribution in [3.63, 3.8) is 0 Å². The van der Waals surface area contributed by atoms with Crippen molar-refractivity contribution in [2.24, 2.45) is 5.41 Å². The van der Waals surface area contributed by atoms with Crippen LogP contribution in [-0.4, -0.2) is 36.8 Å². The van der Waals surface area contributed by atoms with Gasteiger partial charge in [-0.3, -0.25) is 4.79 Å². The number of amides is 1. The van der Waals surface area contributed by atoms with E-state index in [0.29, 0.717) is 13.0 Å². The Morgan fingerprint density at radius 3 is 2.81 bits per heavy atom. The third-order valence-electron chi connectivity index (χ3n) is 3.42. The molecule has 1 aliphatic rings. The summed E-state index contributed by atoms with van der Waals surface area (Å²) in [6, 6.07) is 0. The van der Waals surface area contributed by atoms with E-state index in [-0.39, 0.29) is 11.3 Å². The molecule has 0 aromatic rings. The summed E-state index contributed by atoms with van der Waals surface area (Å²) in [6.07, 6.45) is 3.12. The highest BCUT2D eigenvalue weighted by Gasteiger charge is 2.39. The fourth-order valence-corrected chi connectivity index (χ4v) is 2.29. The van der Waals surface area contributed by atoms with Crippen molar-refractivity contribution in [2.45, 2.75) is 45.6 Å². The van der Waals surface area contributed by atoms with Gasteiger partial charge in [0.1, 0.15) is 0 Å². The first kappa shape index (κ1) is 13.5. The third kappa shape index (κ3) is 3.19. The van der Waals surface area contributed by atoms with E-state index < -0.39 is 6.10 Å². The number of carbonyl (C=O) groups excluding carboxylic acids is 1. The Kier molecular flexibility index (Phi) is 5.22. The SMILES string of the molecule is CCCC1(C(=O)NCC(O)CC)CCNC1. The van der Waals surface area contributed by atoms with E-state index in [4.69, 9.17) is 0 Å². The van der Waals surface area contributed by atoms with E-state index in [1.54, 1.807) is 0 Å². The van der Waals surface area contributed by atoms with Crippen molar-refractivity contribution in [3.8, 4) is 0 Å². The van der Waals surface area contributed by atoms with Gasteiger partial charge >= 0.3 is 0 Å². The molecule has 1 heterocycles. The summed E-state index contributed by atoms with van der Waals surface area (Å²) >= 11 is 0. The highest BCUT2D eigenvalue weighted by molar-refractivity contribution is 5.83. The second-order valence-corrected chi connectivity index (χ2v) is 4.73. The fraction of sp³-hybridized carbons (Fsp3) is 0.917. The van der Waals surface area contributed by atoms with E-state index in [2.05, 4.69) is 17.6 Å². The number of rotatable bonds is 6. The summed E-state index contributed by atoms with van der Waals surface area (Å²) in [6.45, 7) is 6.09. The Hall–Kier alpha value is -0.610. The quantitative estimate of drug-likeness (QED) is 0.625. The van der Waals surface area contributed by atoms with E-state index in [0.717, 1.165) is 32.4 Å². The average Bonchev–Trinajstić information content (AvgIpc) is 2.75. The van der Waals surface area contributed by atoms with Crippen LogP contribution in [0.3, 0.4) is 0 Å². The van der Waals surface area contributed by atoms with Crippen molar-refractivity contribution < 1.29 is 9.90 Å². The maximum atomic E-state index is 12.1. The molecule has 1 saturated heterocycles. The molecule has 94 valence electrons. The van der Waals surface area contributed by atoms with Gasteiger partial charge in [0.05, 0.1) is 11.5 Å². The Morgan fingerprint density at radius 1 is 1.56 bits per heavy atom. The molecule has 3 N–H and O–H groups in total. The van der Waals surface area contributed by atoms with Crippen LogP contribution in [-0.2, 0) is 4.79 Å². The summed E-state index contributed by atoms with van der Waals surface area (Å²) in [5.41, 5.74) is -0.234. The van der Waals surface area contributed by atoms with Gasteiger partial charge in [-0.1, -0.05) is 20.3 Å². The zero-order chi connectivity index (χ0) is 12.0. The normalized spacial score (nSPS) is 26.7. The third-order valence-corrected chi connectivity index (χ3v) is 3.42. The molecule has 0 aliphatic carbocycles. The Morgan fingerprint density at radius 2 is 2.31 bits per heavy atom. The predicted octanol–water partition coefficient (Wildman–Crippen LogP) is 0.653. The van der Waals surface area contributed by atoms with E-state index in [1.807, 2.05) is 6.92 Å². The zero-order valence-electron chi connectivity index (χ0n) is 10.4. The number of aliphatic hydroxyl groups excluding tert-OH is 1. The fourth-order valence-electron chi connectivity index (χ4n) is 2.29. The van der Waals surface area contributed by atoms with Gasteiger partial charge in [-0.2, -0.15) is 0 Å². The molecule has 1 fully saturated rings. The van der Waals surface area contributed by atoms with Crippen LogP contribution in [0.1, 0.15) is 39.5 Å². The van der Waals surface area contributed by atoms with Crippen LogP contribution in [0.25, 0.3) is 0 Å². The van der Waals surface area contributed by atoms with Gasteiger partial charge in [0.2, 0.25) is 5.91 Å². The minimum atomic E-state index is -0.419. The van der Waals surface area contributed by atoms with Crippen LogP contribution in [0.5, 0.6) is 0 Å². The number of nitrogens with one attached hydrogen (secondary N) is 2. The van der Waals surface area contributed by atoms with Crippen LogP contribution in [0.4, 0.5) is 0 Å². The molecule has 4 nitrogen and oxygen atoms in total. The summed E-state index contributed by atoms with van der Waals surface area (Å²) in [4.78, 5) is 12.1. The van der Waals surface area contributed by atoms with E-state index in [1.165, 1.54) is 0 Å². The van der Waals surface area contributed by atoms with Gasteiger partial charge in [-0.15, -0.1) is 0 Å². The van der Waals surface area contributed by atoms with E-state index >= 15 is 0 Å². The molecule has 16 heavy (non-hydrogen) atoms. The minimum absolute atomic E-state index is 0.104. The van der Waals surface area contributed by atoms with Crippen molar-refractivity contribution >= 4 is 5.91 Å². The van der Waals surface area contributed by atoms with Crippen molar-refractivity contribution in [2.75, 3.05) is 19.6 Å². The molecule has 2 unspecified atom stereocenters. The zero-order valence-corrected chi connectivity index (χ0v) is 10.4. The lowest BCUT2D eigenvalue weighted by Gasteiger charge is -2.27. The topological polar surface area (TPSA) is 61.4 Å². The molecule has 0 spiro atoms. The van der Waals surface area contributed by atoms with Gasteiger partial charge in [0, 0.05) is 13.1 Å². The standard InChI is InChI=1S/C12H24N2O2/c1-3-5-12(6-7-13-9-12)11(16)14-8-10(15)4-2/h10,13,15H,3-9H2,1-2H3,(H,14,16). The molecule has 1 amide bonds. The maximum absolute atomic E-state index is 12.1. The lowest BCUT2D eigenvalue weighted by Crippen LogP contribution is -2.44. The molecule has 0 aromatic carbocycles. The van der Waals surface area contributed by atoms with Crippen LogP contribution in [0.2, 0.25) is 0 Å². The Bertz CT molecular complexity index is 225. The monoisotopic (exact) mass is 228 g/mol. The van der Waals surface area contributed by atoms with Gasteiger partial charge in [-0.05, 0) is 25.8 Å². The van der Waals surface area contributed by atoms with Gasteiger partial charge in [0.25, 0.3) is 0 Å². The Labute approximate surface area is 97.8 Å². The van der Waals surface area contributed by atoms with Crippen LogP contribution in [0.15, 0.2) is 0 Å². The van der Waals surface area contributed by atoms with Crippen molar-refractivity contribution in [1.29, 1.82) is 0 Å². The molecule has 0 radical (unpaired) electrons. The van der Waals surface area contributed by atoms with E-state index in [9.17, 15) is 9.90 Å². The molecule has 0 bridgehead atoms. The molecule has 4 heteroatoms. The number of carbonyl (C=O) groups is 1. The van der Waals surface area contributed by atoms with Crippen LogP contribution < -0.4 is 10.6 Å². The van der Waals surface area contributed by atoms with Crippen molar-refractivity contribution in [1.82, 2.24) is 10.6 Å². The number of hydrogen-bond donors (Lipinski definition) is 3. The summed E-state index contributed by atoms with van der Waals surface area (Å²) in [7, 11) is 0. The second kappa shape index (κ2) is 6.21. The molecule has 0 aromatic heterocycles. The van der Waals surface area contributed by atoms with Gasteiger partial charge < -0.3 is 15.7 Å². The largest absolute Gasteiger partial charge is 0.391 e. The summed E-state index contributed by atoms with van der Waals surface area (Å²) in [5.74, 6) is 0.104. The van der Waals surface area contributed by atoms with Crippen molar-refractivity contribution in [3.05, 3.63) is 0 Å². The number of hydrogen-bond acceptors (Lipinski definition) is 3. The number of aliphatic hydroxyl groups is 1. The highest BCUT2D eigenvalue weighted by Crippen LogP contribution is 2.31. The molecule has 1 rings (SSSR count).